The number of hydrogen-bond donors (Lipinski definition) is 1. The van der Waals surface area contributed by atoms with Crippen molar-refractivity contribution in [2.24, 2.45) is 5.73 Å². The summed E-state index contributed by atoms with van der Waals surface area (Å²) in [6, 6.07) is 13.2. The van der Waals surface area contributed by atoms with E-state index in [-0.39, 0.29) is 0 Å². The van der Waals surface area contributed by atoms with E-state index < -0.39 is 12.0 Å². The minimum Gasteiger partial charge on any atom is -0.316 e. The van der Waals surface area contributed by atoms with Gasteiger partial charge in [0.1, 0.15) is 5.54 Å². The Kier molecular flexibility index (Phi) is 3.26. The molecule has 0 aliphatic rings. The molecule has 2 N–H and O–H groups in total. The van der Waals surface area contributed by atoms with E-state index >= 15 is 0 Å². The smallest absolute Gasteiger partial charge is 0.260 e. The molecule has 0 saturated heterocycles. The Morgan fingerprint density at radius 1 is 1.12 bits per heavy atom. The van der Waals surface area contributed by atoms with Crippen LogP contribution in [0.1, 0.15) is 11.8 Å². The van der Waals surface area contributed by atoms with Crippen LogP contribution in [0.2, 0.25) is 0 Å². The van der Waals surface area contributed by atoms with Crippen molar-refractivity contribution in [1.82, 2.24) is 0 Å². The van der Waals surface area contributed by atoms with Gasteiger partial charge < -0.3 is 5.73 Å². The molecule has 17 heavy (non-hydrogen) atoms. The second-order valence-corrected chi connectivity index (χ2v) is 5.20. The molecule has 0 spiro atoms. The molecule has 1 nitrogen and oxygen atoms in total. The lowest BCUT2D eigenvalue weighted by molar-refractivity contribution is 0.0644. The summed E-state index contributed by atoms with van der Waals surface area (Å²) in [4.78, 5) is 1.46. The topological polar surface area (TPSA) is 26.0 Å². The van der Waals surface area contributed by atoms with E-state index in [9.17, 15) is 8.78 Å². The van der Waals surface area contributed by atoms with Gasteiger partial charge in [-0.05, 0) is 24.6 Å². The van der Waals surface area contributed by atoms with Crippen LogP contribution < -0.4 is 5.73 Å². The maximum atomic E-state index is 12.8. The van der Waals surface area contributed by atoms with Crippen LogP contribution in [0.5, 0.6) is 0 Å². The average Bonchev–Trinajstić information content (AvgIpc) is 2.80. The maximum absolute atomic E-state index is 12.8. The Labute approximate surface area is 103 Å². The summed E-state index contributed by atoms with van der Waals surface area (Å²) < 4.78 is 25.6. The molecule has 1 aromatic heterocycles. The lowest BCUT2D eigenvalue weighted by Gasteiger charge is -2.21. The first-order chi connectivity index (χ1) is 8.01. The molecule has 0 radical (unpaired) electrons. The second-order valence-electron chi connectivity index (χ2n) is 4.11. The highest BCUT2D eigenvalue weighted by Gasteiger charge is 2.33. The lowest BCUT2D eigenvalue weighted by atomic mass is 10.0. The number of nitrogens with two attached hydrogens (primary N) is 1. The number of halogens is 2. The molecule has 0 aliphatic carbocycles. The van der Waals surface area contributed by atoms with Crippen molar-refractivity contribution in [3.63, 3.8) is 0 Å². The van der Waals surface area contributed by atoms with E-state index in [0.717, 1.165) is 10.4 Å². The SMILES string of the molecule is CC(N)(c1ccc(-c2ccccc2)s1)C(F)F. The molecular weight excluding hydrogens is 240 g/mol. The van der Waals surface area contributed by atoms with E-state index in [4.69, 9.17) is 5.73 Å². The third-order valence-electron chi connectivity index (χ3n) is 2.65. The van der Waals surface area contributed by atoms with Crippen LogP contribution in [0.3, 0.4) is 0 Å². The highest BCUT2D eigenvalue weighted by molar-refractivity contribution is 7.15. The van der Waals surface area contributed by atoms with Crippen LogP contribution in [0.15, 0.2) is 42.5 Å². The summed E-state index contributed by atoms with van der Waals surface area (Å²) >= 11 is 1.32. The van der Waals surface area contributed by atoms with Crippen LogP contribution in [0.25, 0.3) is 10.4 Å². The number of alkyl halides is 2. The summed E-state index contributed by atoms with van der Waals surface area (Å²) in [5.41, 5.74) is 5.08. The maximum Gasteiger partial charge on any atom is 0.260 e. The molecule has 0 saturated carbocycles. The fourth-order valence-corrected chi connectivity index (χ4v) is 2.56. The molecule has 90 valence electrons. The summed E-state index contributed by atoms with van der Waals surface area (Å²) in [7, 11) is 0. The fourth-order valence-electron chi connectivity index (χ4n) is 1.49. The summed E-state index contributed by atoms with van der Waals surface area (Å²) in [5, 5.41) is 0. The molecule has 1 unspecified atom stereocenters. The van der Waals surface area contributed by atoms with Gasteiger partial charge in [0.25, 0.3) is 6.43 Å². The first kappa shape index (κ1) is 12.2. The fraction of sp³-hybridized carbons (Fsp3) is 0.231. The van der Waals surface area contributed by atoms with Crippen LogP contribution in [-0.2, 0) is 5.54 Å². The van der Waals surface area contributed by atoms with E-state index in [1.54, 1.807) is 6.07 Å². The van der Waals surface area contributed by atoms with Gasteiger partial charge in [-0.15, -0.1) is 11.3 Å². The molecule has 2 rings (SSSR count). The summed E-state index contributed by atoms with van der Waals surface area (Å²) in [5.74, 6) is 0. The zero-order chi connectivity index (χ0) is 12.5. The Morgan fingerprint density at radius 2 is 1.76 bits per heavy atom. The van der Waals surface area contributed by atoms with Gasteiger partial charge in [0.2, 0.25) is 0 Å². The van der Waals surface area contributed by atoms with E-state index in [2.05, 4.69) is 0 Å². The largest absolute Gasteiger partial charge is 0.316 e. The zero-order valence-corrected chi connectivity index (χ0v) is 10.2. The molecule has 4 heteroatoms. The molecule has 0 amide bonds. The number of hydrogen-bond acceptors (Lipinski definition) is 2. The van der Waals surface area contributed by atoms with Crippen molar-refractivity contribution in [2.75, 3.05) is 0 Å². The van der Waals surface area contributed by atoms with E-state index in [0.29, 0.717) is 4.88 Å². The van der Waals surface area contributed by atoms with Gasteiger partial charge in [0.05, 0.1) is 0 Å². The zero-order valence-electron chi connectivity index (χ0n) is 9.36. The average molecular weight is 253 g/mol. The number of thiophene rings is 1. The summed E-state index contributed by atoms with van der Waals surface area (Å²) in [6.45, 7) is 1.36. The predicted octanol–water partition coefficient (Wildman–Crippen LogP) is 3.85. The Bertz CT molecular complexity index is 491. The molecular formula is C13H13F2NS. The first-order valence-corrected chi connectivity index (χ1v) is 6.06. The van der Waals surface area contributed by atoms with Crippen molar-refractivity contribution in [3.8, 4) is 10.4 Å². The minimum atomic E-state index is -2.57. The normalized spacial score (nSPS) is 14.9. The molecule has 0 bridgehead atoms. The van der Waals surface area contributed by atoms with Gasteiger partial charge in [-0.3, -0.25) is 0 Å². The van der Waals surface area contributed by atoms with Crippen LogP contribution in [-0.4, -0.2) is 6.43 Å². The second kappa shape index (κ2) is 4.55. The Balaban J connectivity index is 2.35. The Morgan fingerprint density at radius 3 is 2.35 bits per heavy atom. The van der Waals surface area contributed by atoms with Crippen LogP contribution >= 0.6 is 11.3 Å². The standard InChI is InChI=1S/C13H13F2NS/c1-13(16,12(14)15)11-8-7-10(17-11)9-5-3-2-4-6-9/h2-8,12H,16H2,1H3. The van der Waals surface area contributed by atoms with Gasteiger partial charge in [-0.2, -0.15) is 0 Å². The molecule has 0 aliphatic heterocycles. The number of benzene rings is 1. The quantitative estimate of drug-likeness (QED) is 0.883. The van der Waals surface area contributed by atoms with Crippen molar-refractivity contribution in [1.29, 1.82) is 0 Å². The van der Waals surface area contributed by atoms with Crippen molar-refractivity contribution in [2.45, 2.75) is 18.9 Å². The van der Waals surface area contributed by atoms with Gasteiger partial charge in [0, 0.05) is 9.75 Å². The van der Waals surface area contributed by atoms with Gasteiger partial charge in [-0.1, -0.05) is 30.3 Å². The Hall–Kier alpha value is -1.26. The van der Waals surface area contributed by atoms with Gasteiger partial charge in [0.15, 0.2) is 0 Å². The highest BCUT2D eigenvalue weighted by Crippen LogP contribution is 2.35. The van der Waals surface area contributed by atoms with Gasteiger partial charge in [-0.25, -0.2) is 8.78 Å². The lowest BCUT2D eigenvalue weighted by Crippen LogP contribution is -2.39. The van der Waals surface area contributed by atoms with E-state index in [1.165, 1.54) is 18.3 Å². The third kappa shape index (κ3) is 2.37. The minimum absolute atomic E-state index is 0.506. The van der Waals surface area contributed by atoms with Crippen LogP contribution in [0.4, 0.5) is 8.78 Å². The third-order valence-corrected chi connectivity index (χ3v) is 4.04. The van der Waals surface area contributed by atoms with E-state index in [1.807, 2.05) is 36.4 Å². The van der Waals surface area contributed by atoms with Crippen molar-refractivity contribution >= 4 is 11.3 Å². The molecule has 1 aromatic carbocycles. The monoisotopic (exact) mass is 253 g/mol. The van der Waals surface area contributed by atoms with Crippen molar-refractivity contribution < 1.29 is 8.78 Å². The predicted molar refractivity (Wildman–Crippen MR) is 67.3 cm³/mol. The highest BCUT2D eigenvalue weighted by atomic mass is 32.1. The molecule has 0 fully saturated rings. The molecule has 2 aromatic rings. The summed E-state index contributed by atoms with van der Waals surface area (Å²) in [6.07, 6.45) is -2.57. The molecule has 1 heterocycles. The first-order valence-electron chi connectivity index (χ1n) is 5.24. The van der Waals surface area contributed by atoms with Gasteiger partial charge >= 0.3 is 0 Å². The molecule has 1 atom stereocenters. The van der Waals surface area contributed by atoms with Crippen LogP contribution in [0, 0.1) is 0 Å². The number of rotatable bonds is 3. The van der Waals surface area contributed by atoms with Crippen molar-refractivity contribution in [3.05, 3.63) is 47.3 Å².